The van der Waals surface area contributed by atoms with Gasteiger partial charge in [0.25, 0.3) is 0 Å². The van der Waals surface area contributed by atoms with Crippen LogP contribution in [0.2, 0.25) is 5.02 Å². The van der Waals surface area contributed by atoms with Crippen LogP contribution in [0.15, 0.2) is 77.7 Å². The fourth-order valence-corrected chi connectivity index (χ4v) is 4.81. The standard InChI is InChI=1S/C23H15ClFNO3S2/c1-31(28,29)19-12-6-14(7-13-19)20-22(16-4-10-18(25)11-5-16)30-23(26-20)21(27)15-2-8-17(24)9-3-15/h2-13H,1H3. The van der Waals surface area contributed by atoms with E-state index in [1.54, 1.807) is 48.5 Å². The van der Waals surface area contributed by atoms with Crippen molar-refractivity contribution in [3.05, 3.63) is 94.2 Å². The van der Waals surface area contributed by atoms with Crippen LogP contribution in [0.25, 0.3) is 21.7 Å². The summed E-state index contributed by atoms with van der Waals surface area (Å²) in [6.45, 7) is 0. The van der Waals surface area contributed by atoms with E-state index in [0.717, 1.165) is 6.26 Å². The van der Waals surface area contributed by atoms with Crippen molar-refractivity contribution < 1.29 is 17.6 Å². The van der Waals surface area contributed by atoms with Gasteiger partial charge in [-0.25, -0.2) is 17.8 Å². The monoisotopic (exact) mass is 471 g/mol. The summed E-state index contributed by atoms with van der Waals surface area (Å²) in [5.41, 5.74) is 2.33. The van der Waals surface area contributed by atoms with Gasteiger partial charge in [0.15, 0.2) is 14.8 Å². The van der Waals surface area contributed by atoms with Gasteiger partial charge in [0.2, 0.25) is 5.78 Å². The summed E-state index contributed by atoms with van der Waals surface area (Å²) in [6, 6.07) is 18.7. The number of sulfone groups is 1. The molecule has 0 aliphatic carbocycles. The van der Waals surface area contributed by atoms with Crippen LogP contribution in [0.5, 0.6) is 0 Å². The third kappa shape index (κ3) is 4.58. The predicted octanol–water partition coefficient (Wildman–Crippen LogP) is 5.90. The van der Waals surface area contributed by atoms with E-state index in [4.69, 9.17) is 11.6 Å². The second kappa shape index (κ2) is 8.34. The fraction of sp³-hybridized carbons (Fsp3) is 0.0435. The maximum absolute atomic E-state index is 13.4. The number of carbonyl (C=O) groups excluding carboxylic acids is 1. The average molecular weight is 472 g/mol. The first kappa shape index (κ1) is 21.4. The van der Waals surface area contributed by atoms with Gasteiger partial charge in [-0.15, -0.1) is 11.3 Å². The van der Waals surface area contributed by atoms with Crippen molar-refractivity contribution in [1.82, 2.24) is 4.98 Å². The number of ketones is 1. The Kier molecular flexibility index (Phi) is 5.75. The Morgan fingerprint density at radius 1 is 0.903 bits per heavy atom. The highest BCUT2D eigenvalue weighted by Crippen LogP contribution is 2.38. The topological polar surface area (TPSA) is 64.1 Å². The van der Waals surface area contributed by atoms with E-state index >= 15 is 0 Å². The Labute approximate surface area is 187 Å². The highest BCUT2D eigenvalue weighted by Gasteiger charge is 2.21. The minimum Gasteiger partial charge on any atom is -0.286 e. The summed E-state index contributed by atoms with van der Waals surface area (Å²) in [4.78, 5) is 18.4. The van der Waals surface area contributed by atoms with Gasteiger partial charge in [-0.05, 0) is 54.1 Å². The summed E-state index contributed by atoms with van der Waals surface area (Å²) in [5.74, 6) is -0.631. The van der Waals surface area contributed by atoms with Crippen molar-refractivity contribution in [3.63, 3.8) is 0 Å². The van der Waals surface area contributed by atoms with E-state index in [0.29, 0.717) is 32.3 Å². The van der Waals surface area contributed by atoms with Crippen LogP contribution in [0.1, 0.15) is 15.4 Å². The average Bonchev–Trinajstić information content (AvgIpc) is 3.19. The molecule has 1 aromatic heterocycles. The number of thiazole rings is 1. The first-order valence-electron chi connectivity index (χ1n) is 9.10. The van der Waals surface area contributed by atoms with Crippen LogP contribution in [-0.4, -0.2) is 25.4 Å². The molecule has 0 spiro atoms. The molecule has 0 fully saturated rings. The second-order valence-electron chi connectivity index (χ2n) is 6.84. The Morgan fingerprint density at radius 2 is 1.48 bits per heavy atom. The van der Waals surface area contributed by atoms with Gasteiger partial charge < -0.3 is 0 Å². The number of rotatable bonds is 5. The Bertz CT molecular complexity index is 1360. The van der Waals surface area contributed by atoms with E-state index in [1.807, 2.05) is 0 Å². The molecule has 0 unspecified atom stereocenters. The summed E-state index contributed by atoms with van der Waals surface area (Å²) in [7, 11) is -3.34. The van der Waals surface area contributed by atoms with E-state index in [9.17, 15) is 17.6 Å². The zero-order valence-corrected chi connectivity index (χ0v) is 18.6. The lowest BCUT2D eigenvalue weighted by Gasteiger charge is -2.04. The van der Waals surface area contributed by atoms with Crippen LogP contribution < -0.4 is 0 Å². The third-order valence-corrected chi connectivity index (χ3v) is 7.07. The smallest absolute Gasteiger partial charge is 0.221 e. The predicted molar refractivity (Wildman–Crippen MR) is 121 cm³/mol. The summed E-state index contributed by atoms with van der Waals surface area (Å²) in [5, 5.41) is 0.790. The SMILES string of the molecule is CS(=O)(=O)c1ccc(-c2nc(C(=O)c3ccc(Cl)cc3)sc2-c2ccc(F)cc2)cc1. The van der Waals surface area contributed by atoms with Crippen LogP contribution in [0.4, 0.5) is 4.39 Å². The van der Waals surface area contributed by atoms with Gasteiger partial charge >= 0.3 is 0 Å². The van der Waals surface area contributed by atoms with Crippen LogP contribution in [0.3, 0.4) is 0 Å². The van der Waals surface area contributed by atoms with Gasteiger partial charge in [-0.3, -0.25) is 4.79 Å². The Hall–Kier alpha value is -2.87. The van der Waals surface area contributed by atoms with Crippen molar-refractivity contribution in [1.29, 1.82) is 0 Å². The van der Waals surface area contributed by atoms with Crippen LogP contribution in [-0.2, 0) is 9.84 Å². The molecular formula is C23H15ClFNO3S2. The number of halogens is 2. The second-order valence-corrected chi connectivity index (χ2v) is 10.3. The number of carbonyl (C=O) groups is 1. The van der Waals surface area contributed by atoms with Crippen LogP contribution in [0, 0.1) is 5.82 Å². The molecule has 0 bridgehead atoms. The fourth-order valence-electron chi connectivity index (χ4n) is 2.99. The quantitative estimate of drug-likeness (QED) is 0.340. The molecule has 0 aliphatic heterocycles. The number of benzene rings is 3. The molecular weight excluding hydrogens is 457 g/mol. The molecule has 0 amide bonds. The maximum Gasteiger partial charge on any atom is 0.221 e. The molecule has 0 atom stereocenters. The lowest BCUT2D eigenvalue weighted by Crippen LogP contribution is -2.00. The lowest BCUT2D eigenvalue weighted by atomic mass is 10.1. The molecule has 4 rings (SSSR count). The number of nitrogens with zero attached hydrogens (tertiary/aromatic N) is 1. The minimum atomic E-state index is -3.34. The lowest BCUT2D eigenvalue weighted by molar-refractivity contribution is 0.103. The van der Waals surface area contributed by atoms with Gasteiger partial charge in [0, 0.05) is 22.4 Å². The van der Waals surface area contributed by atoms with Crippen LogP contribution >= 0.6 is 22.9 Å². The Morgan fingerprint density at radius 3 is 2.06 bits per heavy atom. The van der Waals surface area contributed by atoms with Crippen molar-refractivity contribution in [3.8, 4) is 21.7 Å². The third-order valence-electron chi connectivity index (χ3n) is 4.59. The largest absolute Gasteiger partial charge is 0.286 e. The molecule has 0 N–H and O–H groups in total. The molecule has 1 heterocycles. The highest BCUT2D eigenvalue weighted by atomic mass is 35.5. The zero-order chi connectivity index (χ0) is 22.2. The van der Waals surface area contributed by atoms with Crippen molar-refractivity contribution in [2.45, 2.75) is 4.90 Å². The molecule has 8 heteroatoms. The molecule has 0 saturated carbocycles. The molecule has 4 nitrogen and oxygen atoms in total. The molecule has 156 valence electrons. The number of aromatic nitrogens is 1. The highest BCUT2D eigenvalue weighted by molar-refractivity contribution is 7.90. The van der Waals surface area contributed by atoms with Crippen molar-refractivity contribution >= 4 is 38.6 Å². The summed E-state index contributed by atoms with van der Waals surface area (Å²) in [6.07, 6.45) is 1.14. The van der Waals surface area contributed by atoms with Gasteiger partial charge in [-0.2, -0.15) is 0 Å². The number of hydrogen-bond donors (Lipinski definition) is 0. The molecule has 31 heavy (non-hydrogen) atoms. The maximum atomic E-state index is 13.4. The molecule has 0 aliphatic rings. The Balaban J connectivity index is 1.83. The zero-order valence-electron chi connectivity index (χ0n) is 16.2. The van der Waals surface area contributed by atoms with E-state index in [1.165, 1.54) is 35.6 Å². The first-order valence-corrected chi connectivity index (χ1v) is 12.2. The van der Waals surface area contributed by atoms with Gasteiger partial charge in [-0.1, -0.05) is 35.9 Å². The van der Waals surface area contributed by atoms with E-state index in [2.05, 4.69) is 4.98 Å². The minimum absolute atomic E-state index is 0.187. The normalized spacial score (nSPS) is 11.5. The molecule has 3 aromatic carbocycles. The molecule has 4 aromatic rings. The molecule has 0 radical (unpaired) electrons. The van der Waals surface area contributed by atoms with E-state index < -0.39 is 9.84 Å². The summed E-state index contributed by atoms with van der Waals surface area (Å²) >= 11 is 7.11. The van der Waals surface area contributed by atoms with Crippen molar-refractivity contribution in [2.24, 2.45) is 0 Å². The number of hydrogen-bond acceptors (Lipinski definition) is 5. The molecule has 0 saturated heterocycles. The first-order chi connectivity index (χ1) is 14.7. The van der Waals surface area contributed by atoms with Crippen molar-refractivity contribution in [2.75, 3.05) is 6.26 Å². The van der Waals surface area contributed by atoms with Gasteiger partial charge in [0.1, 0.15) is 5.82 Å². The van der Waals surface area contributed by atoms with Gasteiger partial charge in [0.05, 0.1) is 15.5 Å². The van der Waals surface area contributed by atoms with E-state index in [-0.39, 0.29) is 21.5 Å². The summed E-state index contributed by atoms with van der Waals surface area (Å²) < 4.78 is 37.0.